The number of carbonyl (C=O) groups is 1. The predicted octanol–water partition coefficient (Wildman–Crippen LogP) is 3.48. The van der Waals surface area contributed by atoms with Gasteiger partial charge in [0.2, 0.25) is 5.91 Å². The second-order valence-corrected chi connectivity index (χ2v) is 10.5. The predicted molar refractivity (Wildman–Crippen MR) is 137 cm³/mol. The normalized spacial score (nSPS) is 22.7. The fourth-order valence-electron chi connectivity index (χ4n) is 5.01. The molecule has 0 aliphatic carbocycles. The van der Waals surface area contributed by atoms with Crippen molar-refractivity contribution in [3.63, 3.8) is 0 Å². The number of piperazine rings is 1. The van der Waals surface area contributed by atoms with Crippen molar-refractivity contribution in [1.82, 2.24) is 14.8 Å². The van der Waals surface area contributed by atoms with Gasteiger partial charge in [0.25, 0.3) is 0 Å². The second kappa shape index (κ2) is 10.1. The molecule has 1 unspecified atom stereocenters. The summed E-state index contributed by atoms with van der Waals surface area (Å²) >= 11 is 1.87. The second-order valence-electron chi connectivity index (χ2n) is 9.53. The Kier molecular flexibility index (Phi) is 6.94. The van der Waals surface area contributed by atoms with E-state index < -0.39 is 0 Å². The molecule has 4 heterocycles. The Labute approximate surface area is 200 Å². The third kappa shape index (κ3) is 5.39. The van der Waals surface area contributed by atoms with Crippen molar-refractivity contribution in [2.24, 2.45) is 4.99 Å². The van der Waals surface area contributed by atoms with Gasteiger partial charge >= 0.3 is 0 Å². The van der Waals surface area contributed by atoms with Crippen molar-refractivity contribution >= 4 is 39.3 Å². The summed E-state index contributed by atoms with van der Waals surface area (Å²) in [4.78, 5) is 24.7. The van der Waals surface area contributed by atoms with Crippen LogP contribution >= 0.6 is 11.8 Å². The number of aromatic nitrogens is 1. The summed E-state index contributed by atoms with van der Waals surface area (Å²) < 4.78 is 5.52. The molecule has 0 radical (unpaired) electrons. The topological polar surface area (TPSA) is 73.0 Å². The number of amides is 1. The largest absolute Gasteiger partial charge is 0.381 e. The summed E-state index contributed by atoms with van der Waals surface area (Å²) in [6.07, 6.45) is 3.18. The van der Waals surface area contributed by atoms with Crippen LogP contribution in [0.5, 0.6) is 0 Å². The van der Waals surface area contributed by atoms with Gasteiger partial charge in [-0.3, -0.25) is 14.7 Å². The molecule has 2 fully saturated rings. The first-order chi connectivity index (χ1) is 16.0. The molecule has 2 aromatic rings. The number of hydrogen-bond acceptors (Lipinski definition) is 6. The molecule has 1 aromatic carbocycles. The quantitative estimate of drug-likeness (QED) is 0.678. The number of ether oxygens (including phenoxy) is 1. The van der Waals surface area contributed by atoms with E-state index in [1.807, 2.05) is 16.7 Å². The van der Waals surface area contributed by atoms with E-state index in [9.17, 15) is 4.79 Å². The Morgan fingerprint density at radius 2 is 2.00 bits per heavy atom. The summed E-state index contributed by atoms with van der Waals surface area (Å²) in [5.74, 6) is 1.24. The molecular formula is C25H35N5O2S. The zero-order valence-corrected chi connectivity index (χ0v) is 20.5. The van der Waals surface area contributed by atoms with Crippen molar-refractivity contribution in [2.75, 3.05) is 57.0 Å². The molecule has 3 aliphatic heterocycles. The highest BCUT2D eigenvalue weighted by molar-refractivity contribution is 8.14. The average molecular weight is 470 g/mol. The Morgan fingerprint density at radius 3 is 2.76 bits per heavy atom. The first kappa shape index (κ1) is 22.7. The number of hydrogen-bond donors (Lipinski definition) is 2. The van der Waals surface area contributed by atoms with Gasteiger partial charge in [-0.15, -0.1) is 11.8 Å². The lowest BCUT2D eigenvalue weighted by Gasteiger charge is -2.34. The molecule has 0 saturated carbocycles. The summed E-state index contributed by atoms with van der Waals surface area (Å²) in [6.45, 7) is 10.2. The molecule has 1 amide bonds. The summed E-state index contributed by atoms with van der Waals surface area (Å²) in [6, 6.07) is 7.59. The van der Waals surface area contributed by atoms with Crippen LogP contribution in [0.2, 0.25) is 0 Å². The van der Waals surface area contributed by atoms with Crippen molar-refractivity contribution in [3.05, 3.63) is 29.5 Å². The molecule has 0 spiro atoms. The fourth-order valence-corrected chi connectivity index (χ4v) is 6.09. The third-order valence-electron chi connectivity index (χ3n) is 6.99. The fraction of sp³-hybridized carbons (Fsp3) is 0.600. The number of thioether (sulfide) groups is 1. The number of anilines is 1. The van der Waals surface area contributed by atoms with E-state index in [2.05, 4.69) is 40.3 Å². The van der Waals surface area contributed by atoms with Gasteiger partial charge in [-0.25, -0.2) is 0 Å². The van der Waals surface area contributed by atoms with Gasteiger partial charge in [0.1, 0.15) is 5.04 Å². The van der Waals surface area contributed by atoms with E-state index in [0.29, 0.717) is 12.1 Å². The maximum atomic E-state index is 11.5. The van der Waals surface area contributed by atoms with Gasteiger partial charge in [0.15, 0.2) is 0 Å². The third-order valence-corrected chi connectivity index (χ3v) is 8.14. The van der Waals surface area contributed by atoms with Gasteiger partial charge in [-0.2, -0.15) is 0 Å². The first-order valence-corrected chi connectivity index (χ1v) is 13.2. The highest BCUT2D eigenvalue weighted by Crippen LogP contribution is 2.31. The van der Waals surface area contributed by atoms with E-state index in [1.54, 1.807) is 6.92 Å². The number of aromatic amines is 1. The highest BCUT2D eigenvalue weighted by atomic mass is 32.2. The van der Waals surface area contributed by atoms with Gasteiger partial charge in [0.05, 0.1) is 22.9 Å². The average Bonchev–Trinajstić information content (AvgIpc) is 3.46. The molecule has 1 atom stereocenters. The Balaban J connectivity index is 1.23. The highest BCUT2D eigenvalue weighted by Gasteiger charge is 2.24. The molecule has 2 N–H and O–H groups in total. The van der Waals surface area contributed by atoms with Gasteiger partial charge in [-0.1, -0.05) is 0 Å². The van der Waals surface area contributed by atoms with E-state index >= 15 is 0 Å². The van der Waals surface area contributed by atoms with Crippen LogP contribution in [-0.2, 0) is 9.53 Å². The van der Waals surface area contributed by atoms with Gasteiger partial charge < -0.3 is 19.9 Å². The lowest BCUT2D eigenvalue weighted by Crippen LogP contribution is -2.48. The minimum Gasteiger partial charge on any atom is -0.381 e. The van der Waals surface area contributed by atoms with Crippen molar-refractivity contribution in [3.8, 4) is 0 Å². The Hall–Kier alpha value is -2.03. The standard InChI is InChI=1S/C25H35N5O2S/c1-17-13-19-15-23(28-24(19)22(14-17)26-20-4-11-32-12-5-20)25-27-21(16-33-25)3-6-29-7-9-30(10-8-29)18(2)31/h13-15,20-21,26,28H,3-12,16H2,1-2H3. The first-order valence-electron chi connectivity index (χ1n) is 12.2. The molecule has 1 aromatic heterocycles. The van der Waals surface area contributed by atoms with Gasteiger partial charge in [-0.05, 0) is 49.9 Å². The lowest BCUT2D eigenvalue weighted by molar-refractivity contribution is -0.130. The van der Waals surface area contributed by atoms with E-state index in [1.165, 1.54) is 22.2 Å². The monoisotopic (exact) mass is 469 g/mol. The summed E-state index contributed by atoms with van der Waals surface area (Å²) in [5, 5.41) is 6.13. The van der Waals surface area contributed by atoms with Gasteiger partial charge in [0, 0.05) is 70.0 Å². The van der Waals surface area contributed by atoms with Crippen LogP contribution in [0.1, 0.15) is 37.4 Å². The molecule has 0 bridgehead atoms. The smallest absolute Gasteiger partial charge is 0.219 e. The molecule has 33 heavy (non-hydrogen) atoms. The van der Waals surface area contributed by atoms with Crippen LogP contribution < -0.4 is 5.32 Å². The molecule has 5 rings (SSSR count). The molecule has 3 aliphatic rings. The summed E-state index contributed by atoms with van der Waals surface area (Å²) in [5.41, 5.74) is 4.77. The number of carbonyl (C=O) groups excluding carboxylic acids is 1. The number of nitrogens with zero attached hydrogens (tertiary/aromatic N) is 3. The molecular weight excluding hydrogens is 434 g/mol. The number of benzene rings is 1. The maximum absolute atomic E-state index is 11.5. The lowest BCUT2D eigenvalue weighted by atomic mass is 10.1. The Bertz CT molecular complexity index is 1020. The minimum atomic E-state index is 0.190. The molecule has 7 nitrogen and oxygen atoms in total. The van der Waals surface area contributed by atoms with E-state index in [0.717, 1.165) is 81.7 Å². The van der Waals surface area contributed by atoms with Crippen molar-refractivity contribution < 1.29 is 9.53 Å². The van der Waals surface area contributed by atoms with Crippen LogP contribution in [0.4, 0.5) is 5.69 Å². The zero-order chi connectivity index (χ0) is 22.8. The SMILES string of the molecule is CC(=O)N1CCN(CCC2CSC(c3cc4cc(C)cc(NC5CCOCC5)c4[nH]3)=N2)CC1. The van der Waals surface area contributed by atoms with Crippen LogP contribution in [-0.4, -0.2) is 89.5 Å². The molecule has 8 heteroatoms. The number of fused-ring (bicyclic) bond motifs is 1. The molecule has 2 saturated heterocycles. The number of rotatable bonds is 6. The Morgan fingerprint density at radius 1 is 1.21 bits per heavy atom. The summed E-state index contributed by atoms with van der Waals surface area (Å²) in [7, 11) is 0. The van der Waals surface area contributed by atoms with E-state index in [-0.39, 0.29) is 5.91 Å². The van der Waals surface area contributed by atoms with Crippen molar-refractivity contribution in [1.29, 1.82) is 0 Å². The zero-order valence-electron chi connectivity index (χ0n) is 19.7. The maximum Gasteiger partial charge on any atom is 0.219 e. The number of aliphatic imine (C=N–C) groups is 1. The van der Waals surface area contributed by atoms with Crippen LogP contribution in [0.25, 0.3) is 10.9 Å². The number of nitrogens with one attached hydrogen (secondary N) is 2. The van der Waals surface area contributed by atoms with E-state index in [4.69, 9.17) is 9.73 Å². The minimum absolute atomic E-state index is 0.190. The molecule has 178 valence electrons. The van der Waals surface area contributed by atoms with Crippen LogP contribution in [0.3, 0.4) is 0 Å². The van der Waals surface area contributed by atoms with Crippen LogP contribution in [0, 0.1) is 6.92 Å². The number of aryl methyl sites for hydroxylation is 1. The van der Waals surface area contributed by atoms with Crippen LogP contribution in [0.15, 0.2) is 23.2 Å². The van der Waals surface area contributed by atoms with Crippen molar-refractivity contribution in [2.45, 2.75) is 45.2 Å². The number of H-pyrrole nitrogens is 1.